The number of hydrogen-bond donors (Lipinski definition) is 1. The molecule has 0 saturated carbocycles. The van der Waals surface area contributed by atoms with Gasteiger partial charge in [0.2, 0.25) is 0 Å². The van der Waals surface area contributed by atoms with Crippen molar-refractivity contribution in [3.8, 4) is 10.6 Å². The molecule has 0 atom stereocenters. The third-order valence-corrected chi connectivity index (χ3v) is 5.46. The minimum Gasteiger partial charge on any atom is -0.383 e. The molecule has 1 aliphatic rings. The van der Waals surface area contributed by atoms with Crippen LogP contribution in [-0.4, -0.2) is 67.3 Å². The van der Waals surface area contributed by atoms with Crippen LogP contribution in [0.15, 0.2) is 29.6 Å². The van der Waals surface area contributed by atoms with E-state index in [0.717, 1.165) is 54.0 Å². The summed E-state index contributed by atoms with van der Waals surface area (Å²) in [6, 6.07) is 7.74. The van der Waals surface area contributed by atoms with Crippen molar-refractivity contribution in [1.29, 1.82) is 0 Å². The zero-order valence-electron chi connectivity index (χ0n) is 14.8. The van der Waals surface area contributed by atoms with Crippen LogP contribution in [0, 0.1) is 0 Å². The molecule has 0 unspecified atom stereocenters. The number of aromatic nitrogens is 1. The Labute approximate surface area is 162 Å². The van der Waals surface area contributed by atoms with E-state index in [-0.39, 0.29) is 6.03 Å². The van der Waals surface area contributed by atoms with Gasteiger partial charge in [0.15, 0.2) is 0 Å². The number of piperazine rings is 1. The predicted molar refractivity (Wildman–Crippen MR) is 105 cm³/mol. The molecule has 140 valence electrons. The largest absolute Gasteiger partial charge is 0.383 e. The summed E-state index contributed by atoms with van der Waals surface area (Å²) in [4.78, 5) is 21.0. The van der Waals surface area contributed by atoms with Crippen molar-refractivity contribution in [3.63, 3.8) is 0 Å². The fraction of sp³-hybridized carbons (Fsp3) is 0.444. The fourth-order valence-corrected chi connectivity index (χ4v) is 3.76. The molecule has 1 aromatic carbocycles. The van der Waals surface area contributed by atoms with Crippen LogP contribution >= 0.6 is 22.9 Å². The van der Waals surface area contributed by atoms with Gasteiger partial charge >= 0.3 is 6.03 Å². The third kappa shape index (κ3) is 5.17. The number of thiazole rings is 1. The molecule has 2 aromatic rings. The number of ether oxygens (including phenoxy) is 1. The Morgan fingerprint density at radius 3 is 2.69 bits per heavy atom. The summed E-state index contributed by atoms with van der Waals surface area (Å²) in [5, 5.41) is 6.71. The Morgan fingerprint density at radius 1 is 1.27 bits per heavy atom. The number of amides is 2. The number of rotatable bonds is 6. The minimum absolute atomic E-state index is 0.0135. The van der Waals surface area contributed by atoms with Crippen LogP contribution < -0.4 is 5.32 Å². The van der Waals surface area contributed by atoms with Crippen molar-refractivity contribution >= 4 is 29.0 Å². The summed E-state index contributed by atoms with van der Waals surface area (Å²) in [5.41, 5.74) is 2.15. The van der Waals surface area contributed by atoms with Crippen molar-refractivity contribution in [3.05, 3.63) is 40.4 Å². The minimum atomic E-state index is -0.0135. The van der Waals surface area contributed by atoms with Gasteiger partial charge in [-0.05, 0) is 12.1 Å². The lowest BCUT2D eigenvalue weighted by molar-refractivity contribution is 0.131. The molecule has 0 bridgehead atoms. The number of carbonyl (C=O) groups is 1. The summed E-state index contributed by atoms with van der Waals surface area (Å²) < 4.78 is 4.95. The first-order chi connectivity index (χ1) is 12.7. The lowest BCUT2D eigenvalue weighted by atomic mass is 10.2. The molecule has 8 heteroatoms. The van der Waals surface area contributed by atoms with Crippen LogP contribution in [0.2, 0.25) is 5.02 Å². The summed E-state index contributed by atoms with van der Waals surface area (Å²) >= 11 is 7.59. The molecule has 1 saturated heterocycles. The first-order valence-corrected chi connectivity index (χ1v) is 9.86. The fourth-order valence-electron chi connectivity index (χ4n) is 2.81. The van der Waals surface area contributed by atoms with Crippen molar-refractivity contribution in [2.75, 3.05) is 46.4 Å². The molecule has 1 aromatic heterocycles. The van der Waals surface area contributed by atoms with Crippen LogP contribution in [0.3, 0.4) is 0 Å². The van der Waals surface area contributed by atoms with Crippen LogP contribution in [0.4, 0.5) is 4.79 Å². The third-order valence-electron chi connectivity index (χ3n) is 4.27. The second-order valence-corrected chi connectivity index (χ2v) is 7.43. The van der Waals surface area contributed by atoms with E-state index in [1.807, 2.05) is 29.2 Å². The zero-order chi connectivity index (χ0) is 18.4. The van der Waals surface area contributed by atoms with Crippen LogP contribution in [0.5, 0.6) is 0 Å². The lowest BCUT2D eigenvalue weighted by Gasteiger charge is -2.34. The van der Waals surface area contributed by atoms with Crippen molar-refractivity contribution in [2.45, 2.75) is 6.54 Å². The standard InChI is InChI=1S/C18H23ClN4O2S/c1-25-11-6-20-18(24)23-9-7-22(8-10-23)12-16-13-26-17(21-16)14-2-4-15(19)5-3-14/h2-5,13H,6-12H2,1H3,(H,20,24). The van der Waals surface area contributed by atoms with E-state index in [9.17, 15) is 4.79 Å². The summed E-state index contributed by atoms with van der Waals surface area (Å²) in [6.45, 7) is 5.05. The van der Waals surface area contributed by atoms with Crippen LogP contribution in [0.25, 0.3) is 10.6 Å². The van der Waals surface area contributed by atoms with Gasteiger partial charge in [-0.25, -0.2) is 9.78 Å². The monoisotopic (exact) mass is 394 g/mol. The number of halogens is 1. The number of nitrogens with zero attached hydrogens (tertiary/aromatic N) is 3. The number of nitrogens with one attached hydrogen (secondary N) is 1. The number of urea groups is 1. The first kappa shape index (κ1) is 19.1. The molecule has 3 rings (SSSR count). The zero-order valence-corrected chi connectivity index (χ0v) is 16.4. The van der Waals surface area contributed by atoms with E-state index >= 15 is 0 Å². The topological polar surface area (TPSA) is 57.7 Å². The van der Waals surface area contributed by atoms with E-state index in [0.29, 0.717) is 13.2 Å². The van der Waals surface area contributed by atoms with Gasteiger partial charge in [0.05, 0.1) is 12.3 Å². The van der Waals surface area contributed by atoms with Crippen LogP contribution in [-0.2, 0) is 11.3 Å². The predicted octanol–water partition coefficient (Wildman–Crippen LogP) is 2.94. The highest BCUT2D eigenvalue weighted by molar-refractivity contribution is 7.13. The van der Waals surface area contributed by atoms with Crippen molar-refractivity contribution in [1.82, 2.24) is 20.1 Å². The normalized spacial score (nSPS) is 15.2. The molecule has 2 heterocycles. The number of methoxy groups -OCH3 is 1. The number of carbonyl (C=O) groups excluding carboxylic acids is 1. The molecule has 6 nitrogen and oxygen atoms in total. The van der Waals surface area contributed by atoms with Gasteiger partial charge < -0.3 is 15.0 Å². The van der Waals surface area contributed by atoms with Gasteiger partial charge in [-0.15, -0.1) is 11.3 Å². The Balaban J connectivity index is 1.47. The molecule has 1 fully saturated rings. The Kier molecular flexibility index (Phi) is 6.85. The van der Waals surface area contributed by atoms with Crippen LogP contribution in [0.1, 0.15) is 5.69 Å². The van der Waals surface area contributed by atoms with Gasteiger partial charge in [0, 0.05) is 62.3 Å². The Hall–Kier alpha value is -1.67. The average molecular weight is 395 g/mol. The quantitative estimate of drug-likeness (QED) is 0.765. The average Bonchev–Trinajstić information content (AvgIpc) is 3.11. The summed E-state index contributed by atoms with van der Waals surface area (Å²) in [6.07, 6.45) is 0. The molecular weight excluding hydrogens is 372 g/mol. The highest BCUT2D eigenvalue weighted by atomic mass is 35.5. The van der Waals surface area contributed by atoms with Crippen molar-refractivity contribution in [2.24, 2.45) is 0 Å². The molecule has 0 aliphatic carbocycles. The second-order valence-electron chi connectivity index (χ2n) is 6.14. The number of hydrogen-bond acceptors (Lipinski definition) is 5. The molecule has 26 heavy (non-hydrogen) atoms. The molecule has 0 radical (unpaired) electrons. The van der Waals surface area contributed by atoms with E-state index in [1.54, 1.807) is 18.4 Å². The summed E-state index contributed by atoms with van der Waals surface area (Å²) in [5.74, 6) is 0. The smallest absolute Gasteiger partial charge is 0.317 e. The van der Waals surface area contributed by atoms with E-state index < -0.39 is 0 Å². The van der Waals surface area contributed by atoms with Gasteiger partial charge in [-0.3, -0.25) is 4.90 Å². The van der Waals surface area contributed by atoms with E-state index in [2.05, 4.69) is 15.6 Å². The lowest BCUT2D eigenvalue weighted by Crippen LogP contribution is -2.51. The van der Waals surface area contributed by atoms with Gasteiger partial charge in [0.25, 0.3) is 0 Å². The summed E-state index contributed by atoms with van der Waals surface area (Å²) in [7, 11) is 1.63. The molecule has 1 aliphatic heterocycles. The maximum absolute atomic E-state index is 12.0. The molecule has 1 N–H and O–H groups in total. The van der Waals surface area contributed by atoms with E-state index in [1.165, 1.54) is 0 Å². The van der Waals surface area contributed by atoms with Crippen molar-refractivity contribution < 1.29 is 9.53 Å². The number of benzene rings is 1. The van der Waals surface area contributed by atoms with E-state index in [4.69, 9.17) is 21.3 Å². The second kappa shape index (κ2) is 9.32. The maximum atomic E-state index is 12.0. The Morgan fingerprint density at radius 2 is 2.00 bits per heavy atom. The first-order valence-electron chi connectivity index (χ1n) is 8.60. The highest BCUT2D eigenvalue weighted by Gasteiger charge is 2.21. The van der Waals surface area contributed by atoms with Gasteiger partial charge in [0.1, 0.15) is 5.01 Å². The molecule has 0 spiro atoms. The molecule has 2 amide bonds. The maximum Gasteiger partial charge on any atom is 0.317 e. The highest BCUT2D eigenvalue weighted by Crippen LogP contribution is 2.25. The van der Waals surface area contributed by atoms with Gasteiger partial charge in [-0.1, -0.05) is 23.7 Å². The molecular formula is C18H23ClN4O2S. The Bertz CT molecular complexity index is 714. The van der Waals surface area contributed by atoms with Gasteiger partial charge in [-0.2, -0.15) is 0 Å². The SMILES string of the molecule is COCCNC(=O)N1CCN(Cc2csc(-c3ccc(Cl)cc3)n2)CC1.